The zero-order valence-electron chi connectivity index (χ0n) is 20.6. The smallest absolute Gasteiger partial charge is 0.852 e. The van der Waals surface area contributed by atoms with Gasteiger partial charge in [-0.05, 0) is 55.4 Å². The van der Waals surface area contributed by atoms with E-state index >= 15 is 0 Å². The molecule has 0 atom stereocenters. The molecule has 9 heteroatoms. The largest absolute Gasteiger partial charge is 4.00 e. The summed E-state index contributed by atoms with van der Waals surface area (Å²) in [6.45, 7) is 13.4. The van der Waals surface area contributed by atoms with Gasteiger partial charge in [0.25, 0.3) is 0 Å². The van der Waals surface area contributed by atoms with Crippen LogP contribution in [-0.2, 0) is 40.7 Å². The van der Waals surface area contributed by atoms with Crippen molar-refractivity contribution in [2.75, 3.05) is 54.9 Å². The van der Waals surface area contributed by atoms with Crippen molar-refractivity contribution in [1.29, 1.82) is 0 Å². The molecule has 8 nitrogen and oxygen atoms in total. The van der Waals surface area contributed by atoms with E-state index in [2.05, 4.69) is 0 Å². The summed E-state index contributed by atoms with van der Waals surface area (Å²) in [5.74, 6) is 0. The molecule has 0 aliphatic heterocycles. The molecule has 176 valence electrons. The van der Waals surface area contributed by atoms with Crippen LogP contribution in [0.2, 0.25) is 0 Å². The molecule has 0 aromatic rings. The first kappa shape index (κ1) is 39.8. The minimum atomic E-state index is -0.472. The molecule has 0 heterocycles. The molecule has 0 aromatic heterocycles. The maximum Gasteiger partial charge on any atom is 4.00 e. The van der Waals surface area contributed by atoms with Crippen LogP contribution in [0.15, 0.2) is 0 Å². The van der Waals surface area contributed by atoms with E-state index in [1.165, 1.54) is 28.4 Å². The molecular weight excluding hydrogens is 416 g/mol. The monoisotopic (exact) mass is 460 g/mol. The van der Waals surface area contributed by atoms with Gasteiger partial charge in [0.1, 0.15) is 0 Å². The van der Waals surface area contributed by atoms with Gasteiger partial charge in [-0.3, -0.25) is 0 Å². The molecule has 0 N–H and O–H groups in total. The fourth-order valence-electron chi connectivity index (χ4n) is 0.236. The van der Waals surface area contributed by atoms with Gasteiger partial charge in [-0.25, -0.2) is 0 Å². The summed E-state index contributed by atoms with van der Waals surface area (Å²) in [7, 11) is 6.16. The third kappa shape index (κ3) is 33.2. The molecule has 0 fully saturated rings. The van der Waals surface area contributed by atoms with Gasteiger partial charge in [-0.1, -0.05) is 0 Å². The van der Waals surface area contributed by atoms with E-state index in [4.69, 9.17) is 18.9 Å². The molecule has 0 spiro atoms. The predicted molar refractivity (Wildman–Crippen MR) is 104 cm³/mol. The van der Waals surface area contributed by atoms with Crippen LogP contribution in [0.25, 0.3) is 0 Å². The van der Waals surface area contributed by atoms with Crippen LogP contribution < -0.4 is 20.4 Å². The van der Waals surface area contributed by atoms with Gasteiger partial charge in [-0.15, -0.1) is 26.4 Å². The van der Waals surface area contributed by atoms with Gasteiger partial charge < -0.3 is 39.4 Å². The van der Waals surface area contributed by atoms with Crippen molar-refractivity contribution in [2.24, 2.45) is 0 Å². The van der Waals surface area contributed by atoms with E-state index in [9.17, 15) is 20.4 Å². The Kier molecular flexibility index (Phi) is 27.9. The Labute approximate surface area is 193 Å². The summed E-state index contributed by atoms with van der Waals surface area (Å²) in [6.07, 6.45) is 0. The quantitative estimate of drug-likeness (QED) is 0.426. The first-order valence-corrected chi connectivity index (χ1v) is 9.02. The van der Waals surface area contributed by atoms with E-state index < -0.39 is 22.4 Å². The molecule has 0 saturated heterocycles. The van der Waals surface area contributed by atoms with Gasteiger partial charge in [-0.2, -0.15) is 0 Å². The maximum atomic E-state index is 10.1. The molecule has 29 heavy (non-hydrogen) atoms. The summed E-state index contributed by atoms with van der Waals surface area (Å²) in [5, 5.41) is 40.2. The molecule has 0 aromatic carbocycles. The standard InChI is InChI=1S/4C5H11O2.Ti/c4*1-5(2,4-6)7-3;/h4*4H2,1-3H3;/q4*-1;+4. The molecule has 0 radical (unpaired) electrons. The third-order valence-electron chi connectivity index (χ3n) is 3.60. The molecule has 0 rings (SSSR count). The summed E-state index contributed by atoms with van der Waals surface area (Å²) in [4.78, 5) is 0. The average Bonchev–Trinajstić information content (AvgIpc) is 2.69. The Morgan fingerprint density at radius 1 is 0.414 bits per heavy atom. The van der Waals surface area contributed by atoms with E-state index in [1.54, 1.807) is 55.4 Å². The molecule has 0 aliphatic carbocycles. The first-order valence-electron chi connectivity index (χ1n) is 9.02. The second-order valence-corrected chi connectivity index (χ2v) is 8.43. The average molecular weight is 460 g/mol. The molecule has 0 unspecified atom stereocenters. The van der Waals surface area contributed by atoms with Crippen LogP contribution in [-0.4, -0.2) is 77.3 Å². The Balaban J connectivity index is -0.0000000873. The van der Waals surface area contributed by atoms with Crippen molar-refractivity contribution < 1.29 is 61.1 Å². The molecule has 0 bridgehead atoms. The summed E-state index contributed by atoms with van der Waals surface area (Å²) < 4.78 is 19.1. The predicted octanol–water partition coefficient (Wildman–Crippen LogP) is -0.916. The van der Waals surface area contributed by atoms with Crippen LogP contribution in [0.1, 0.15) is 55.4 Å². The Morgan fingerprint density at radius 3 is 0.517 bits per heavy atom. The van der Waals surface area contributed by atoms with Crippen LogP contribution in [0.5, 0.6) is 0 Å². The van der Waals surface area contributed by atoms with E-state index in [-0.39, 0.29) is 48.1 Å². The Hall–Kier alpha value is 0.394. The zero-order chi connectivity index (χ0) is 23.7. The van der Waals surface area contributed by atoms with Gasteiger partial charge in [0, 0.05) is 50.8 Å². The minimum absolute atomic E-state index is 0. The van der Waals surface area contributed by atoms with E-state index in [0.29, 0.717) is 0 Å². The van der Waals surface area contributed by atoms with Crippen LogP contribution in [0.4, 0.5) is 0 Å². The van der Waals surface area contributed by atoms with Gasteiger partial charge in [0.15, 0.2) is 0 Å². The van der Waals surface area contributed by atoms with E-state index in [1.807, 2.05) is 0 Å². The summed E-state index contributed by atoms with van der Waals surface area (Å²) in [5.41, 5.74) is -1.89. The van der Waals surface area contributed by atoms with Crippen molar-refractivity contribution >= 4 is 0 Å². The van der Waals surface area contributed by atoms with E-state index in [0.717, 1.165) is 0 Å². The van der Waals surface area contributed by atoms with Gasteiger partial charge in [0.2, 0.25) is 0 Å². The van der Waals surface area contributed by atoms with Crippen LogP contribution in [0.3, 0.4) is 0 Å². The maximum absolute atomic E-state index is 10.1. The Morgan fingerprint density at radius 2 is 0.517 bits per heavy atom. The SMILES string of the molecule is COC(C)(C)C[O-].COC(C)(C)C[O-].COC(C)(C)C[O-].COC(C)(C)C[O-].[Ti+4]. The number of ether oxygens (including phenoxy) is 4. The molecule has 0 saturated carbocycles. The minimum Gasteiger partial charge on any atom is -0.852 e. The number of methoxy groups -OCH3 is 4. The second kappa shape index (κ2) is 20.3. The molecular formula is C20H44O8Ti. The number of hydrogen-bond donors (Lipinski definition) is 0. The number of hydrogen-bond acceptors (Lipinski definition) is 8. The molecule has 0 amide bonds. The van der Waals surface area contributed by atoms with Gasteiger partial charge in [0.05, 0.1) is 0 Å². The Bertz CT molecular complexity index is 246. The van der Waals surface area contributed by atoms with Gasteiger partial charge >= 0.3 is 21.7 Å². The van der Waals surface area contributed by atoms with Crippen molar-refractivity contribution in [3.63, 3.8) is 0 Å². The van der Waals surface area contributed by atoms with Crippen molar-refractivity contribution in [2.45, 2.75) is 77.8 Å². The number of rotatable bonds is 8. The van der Waals surface area contributed by atoms with Crippen molar-refractivity contribution in [3.8, 4) is 0 Å². The normalized spacial score (nSPS) is 11.6. The van der Waals surface area contributed by atoms with Crippen LogP contribution in [0, 0.1) is 0 Å². The molecule has 0 aliphatic rings. The first-order chi connectivity index (χ1) is 12.5. The van der Waals surface area contributed by atoms with Crippen molar-refractivity contribution in [1.82, 2.24) is 0 Å². The van der Waals surface area contributed by atoms with Crippen LogP contribution >= 0.6 is 0 Å². The second-order valence-electron chi connectivity index (χ2n) is 8.43. The summed E-state index contributed by atoms with van der Waals surface area (Å²) in [6, 6.07) is 0. The van der Waals surface area contributed by atoms with Crippen molar-refractivity contribution in [3.05, 3.63) is 0 Å². The zero-order valence-corrected chi connectivity index (χ0v) is 22.2. The fraction of sp³-hybridized carbons (Fsp3) is 1.00. The topological polar surface area (TPSA) is 129 Å². The fourth-order valence-corrected chi connectivity index (χ4v) is 0.236. The third-order valence-corrected chi connectivity index (χ3v) is 3.60. The summed E-state index contributed by atoms with van der Waals surface area (Å²) >= 11 is 0.